The van der Waals surface area contributed by atoms with E-state index in [0.29, 0.717) is 23.8 Å². The zero-order valence-electron chi connectivity index (χ0n) is 17.8. The Bertz CT molecular complexity index is 1220. The molecule has 0 spiro atoms. The molecule has 0 atom stereocenters. The molecule has 3 nitrogen and oxygen atoms in total. The van der Waals surface area contributed by atoms with Gasteiger partial charge in [0.2, 0.25) is 0 Å². The van der Waals surface area contributed by atoms with Crippen LogP contribution < -0.4 is 4.74 Å². The number of hydrogen-bond donors (Lipinski definition) is 0. The molecule has 4 aromatic rings. The fourth-order valence-corrected chi connectivity index (χ4v) is 3.74. The van der Waals surface area contributed by atoms with Crippen molar-refractivity contribution in [3.05, 3.63) is 113 Å². The Hall–Kier alpha value is -3.56. The quantitative estimate of drug-likeness (QED) is 0.279. The fourth-order valence-electron chi connectivity index (χ4n) is 3.57. The molecular weight excluding hydrogens is 420 g/mol. The Balaban J connectivity index is 1.74. The van der Waals surface area contributed by atoms with Gasteiger partial charge in [0, 0.05) is 10.6 Å². The predicted molar refractivity (Wildman–Crippen MR) is 129 cm³/mol. The smallest absolute Gasteiger partial charge is 0.338 e. The molecule has 0 N–H and O–H groups in total. The van der Waals surface area contributed by atoms with Gasteiger partial charge in [0.05, 0.1) is 12.2 Å². The summed E-state index contributed by atoms with van der Waals surface area (Å²) in [6.45, 7) is 2.59. The highest BCUT2D eigenvalue weighted by Gasteiger charge is 2.15. The maximum Gasteiger partial charge on any atom is 0.338 e. The van der Waals surface area contributed by atoms with Crippen LogP contribution in [-0.4, -0.2) is 12.6 Å². The first-order valence-electron chi connectivity index (χ1n) is 10.5. The number of halogens is 1. The number of hydrogen-bond acceptors (Lipinski definition) is 3. The largest absolute Gasteiger partial charge is 0.488 e. The van der Waals surface area contributed by atoms with Crippen LogP contribution in [0.1, 0.15) is 22.8 Å². The lowest BCUT2D eigenvalue weighted by Gasteiger charge is -2.16. The normalized spacial score (nSPS) is 10.6. The van der Waals surface area contributed by atoms with Crippen molar-refractivity contribution in [1.29, 1.82) is 0 Å². The molecular formula is C28H23ClO3. The molecule has 0 saturated carbocycles. The van der Waals surface area contributed by atoms with Gasteiger partial charge in [-0.15, -0.1) is 0 Å². The monoisotopic (exact) mass is 442 g/mol. The Kier molecular flexibility index (Phi) is 6.88. The van der Waals surface area contributed by atoms with Crippen LogP contribution in [0.4, 0.5) is 0 Å². The van der Waals surface area contributed by atoms with Gasteiger partial charge in [-0.05, 0) is 59.5 Å². The van der Waals surface area contributed by atoms with Crippen molar-refractivity contribution in [1.82, 2.24) is 0 Å². The zero-order chi connectivity index (χ0) is 22.3. The molecule has 0 unspecified atom stereocenters. The van der Waals surface area contributed by atoms with Gasteiger partial charge in [-0.3, -0.25) is 0 Å². The van der Waals surface area contributed by atoms with E-state index < -0.39 is 0 Å². The molecule has 0 aliphatic carbocycles. The predicted octanol–water partition coefficient (Wildman–Crippen LogP) is 7.43. The first kappa shape index (κ1) is 21.7. The SMILES string of the molecule is CCOC(=O)c1cccc(-c2ccccc2-c2cc(Cl)ccc2OCc2ccccc2)c1. The minimum Gasteiger partial charge on any atom is -0.488 e. The van der Waals surface area contributed by atoms with E-state index in [0.717, 1.165) is 33.6 Å². The Labute approximate surface area is 193 Å². The van der Waals surface area contributed by atoms with Crippen molar-refractivity contribution < 1.29 is 14.3 Å². The molecule has 0 heterocycles. The number of esters is 1. The third kappa shape index (κ3) is 5.01. The molecule has 0 aromatic heterocycles. The first-order chi connectivity index (χ1) is 15.7. The summed E-state index contributed by atoms with van der Waals surface area (Å²) in [5.74, 6) is 0.411. The van der Waals surface area contributed by atoms with Crippen molar-refractivity contribution in [2.24, 2.45) is 0 Å². The maximum atomic E-state index is 12.2. The molecule has 0 aliphatic heterocycles. The third-order valence-electron chi connectivity index (χ3n) is 5.08. The summed E-state index contributed by atoms with van der Waals surface area (Å²) in [4.78, 5) is 12.2. The number of rotatable bonds is 7. The Morgan fingerprint density at radius 3 is 2.31 bits per heavy atom. The summed E-state index contributed by atoms with van der Waals surface area (Å²) in [7, 11) is 0. The second-order valence-electron chi connectivity index (χ2n) is 7.26. The van der Waals surface area contributed by atoms with Gasteiger partial charge in [-0.1, -0.05) is 78.3 Å². The van der Waals surface area contributed by atoms with Gasteiger partial charge < -0.3 is 9.47 Å². The van der Waals surface area contributed by atoms with E-state index in [4.69, 9.17) is 21.1 Å². The average molecular weight is 443 g/mol. The number of carbonyl (C=O) groups excluding carboxylic acids is 1. The lowest BCUT2D eigenvalue weighted by atomic mass is 9.93. The number of carbonyl (C=O) groups is 1. The van der Waals surface area contributed by atoms with Gasteiger partial charge in [-0.2, -0.15) is 0 Å². The van der Waals surface area contributed by atoms with Crippen LogP contribution >= 0.6 is 11.6 Å². The van der Waals surface area contributed by atoms with Gasteiger partial charge in [0.15, 0.2) is 0 Å². The maximum absolute atomic E-state index is 12.2. The average Bonchev–Trinajstić information content (AvgIpc) is 2.84. The van der Waals surface area contributed by atoms with Gasteiger partial charge >= 0.3 is 5.97 Å². The molecule has 0 bridgehead atoms. The highest BCUT2D eigenvalue weighted by atomic mass is 35.5. The highest BCUT2D eigenvalue weighted by Crippen LogP contribution is 2.39. The van der Waals surface area contributed by atoms with Crippen LogP contribution in [0.25, 0.3) is 22.3 Å². The summed E-state index contributed by atoms with van der Waals surface area (Å²) in [5, 5.41) is 0.627. The summed E-state index contributed by atoms with van der Waals surface area (Å²) in [5.41, 5.74) is 5.37. The van der Waals surface area contributed by atoms with E-state index in [1.807, 2.05) is 91.0 Å². The van der Waals surface area contributed by atoms with Gasteiger partial charge in [-0.25, -0.2) is 4.79 Å². The van der Waals surface area contributed by atoms with Crippen molar-refractivity contribution in [2.45, 2.75) is 13.5 Å². The van der Waals surface area contributed by atoms with Crippen molar-refractivity contribution >= 4 is 17.6 Å². The van der Waals surface area contributed by atoms with Crippen LogP contribution in [0, 0.1) is 0 Å². The molecule has 0 fully saturated rings. The van der Waals surface area contributed by atoms with Crippen LogP contribution in [0.2, 0.25) is 5.02 Å². The van der Waals surface area contributed by atoms with E-state index in [-0.39, 0.29) is 5.97 Å². The summed E-state index contributed by atoms with van der Waals surface area (Å²) < 4.78 is 11.4. The number of benzene rings is 4. The standard InChI is InChI=1S/C28H23ClO3/c1-2-31-28(30)22-12-8-11-21(17-22)24-13-6-7-14-25(24)26-18-23(29)15-16-27(26)32-19-20-9-4-3-5-10-20/h3-18H,2,19H2,1H3. The molecule has 4 rings (SSSR count). The summed E-state index contributed by atoms with van der Waals surface area (Å²) >= 11 is 6.37. The van der Waals surface area contributed by atoms with E-state index >= 15 is 0 Å². The molecule has 4 aromatic carbocycles. The second-order valence-corrected chi connectivity index (χ2v) is 7.70. The molecule has 0 aliphatic rings. The third-order valence-corrected chi connectivity index (χ3v) is 5.32. The van der Waals surface area contributed by atoms with Crippen LogP contribution in [0.3, 0.4) is 0 Å². The van der Waals surface area contributed by atoms with Crippen molar-refractivity contribution in [2.75, 3.05) is 6.61 Å². The van der Waals surface area contributed by atoms with Crippen molar-refractivity contribution in [3.8, 4) is 28.0 Å². The first-order valence-corrected chi connectivity index (χ1v) is 10.9. The Morgan fingerprint density at radius 1 is 0.781 bits per heavy atom. The highest BCUT2D eigenvalue weighted by molar-refractivity contribution is 6.31. The molecule has 4 heteroatoms. The molecule has 32 heavy (non-hydrogen) atoms. The molecule has 0 radical (unpaired) electrons. The molecule has 0 amide bonds. The fraction of sp³-hybridized carbons (Fsp3) is 0.107. The van der Waals surface area contributed by atoms with Crippen LogP contribution in [0.15, 0.2) is 97.1 Å². The van der Waals surface area contributed by atoms with Crippen LogP contribution in [-0.2, 0) is 11.3 Å². The zero-order valence-corrected chi connectivity index (χ0v) is 18.5. The summed E-state index contributed by atoms with van der Waals surface area (Å²) in [6, 6.07) is 31.2. The molecule has 160 valence electrons. The van der Waals surface area contributed by atoms with E-state index in [2.05, 4.69) is 0 Å². The van der Waals surface area contributed by atoms with Gasteiger partial charge in [0.25, 0.3) is 0 Å². The lowest BCUT2D eigenvalue weighted by molar-refractivity contribution is 0.0526. The topological polar surface area (TPSA) is 35.5 Å². The van der Waals surface area contributed by atoms with Crippen LogP contribution in [0.5, 0.6) is 5.75 Å². The minimum absolute atomic E-state index is 0.332. The van der Waals surface area contributed by atoms with E-state index in [1.165, 1.54) is 0 Å². The van der Waals surface area contributed by atoms with E-state index in [9.17, 15) is 4.79 Å². The van der Waals surface area contributed by atoms with E-state index in [1.54, 1.807) is 13.0 Å². The van der Waals surface area contributed by atoms with Gasteiger partial charge in [0.1, 0.15) is 12.4 Å². The number of ether oxygens (including phenoxy) is 2. The minimum atomic E-state index is -0.332. The lowest BCUT2D eigenvalue weighted by Crippen LogP contribution is -2.04. The second kappa shape index (κ2) is 10.2. The van der Waals surface area contributed by atoms with Crippen molar-refractivity contribution in [3.63, 3.8) is 0 Å². The molecule has 0 saturated heterocycles. The Morgan fingerprint density at radius 2 is 1.53 bits per heavy atom. The summed E-state index contributed by atoms with van der Waals surface area (Å²) in [6.07, 6.45) is 0.